The standard InChI is InChI=1S/C18H24ClN3O2/c1-11-7-15(8-12(2)16(11)19)24-18(4,5)17(23)22(6)10-14-9-20-21-13(14)3/h7-9H,10H2,1-6H3,(H,20,21). The van der Waals surface area contributed by atoms with Gasteiger partial charge in [-0.25, -0.2) is 0 Å². The maximum atomic E-state index is 12.8. The SMILES string of the molecule is Cc1cc(OC(C)(C)C(=O)N(C)Cc2cn[nH]c2C)cc(C)c1Cl. The van der Waals surface area contributed by atoms with Crippen LogP contribution in [-0.2, 0) is 11.3 Å². The second-order valence-electron chi connectivity index (χ2n) is 6.66. The third-order valence-electron chi connectivity index (χ3n) is 3.99. The van der Waals surface area contributed by atoms with Crippen molar-refractivity contribution in [3.8, 4) is 5.75 Å². The number of carbonyl (C=O) groups excluding carboxylic acids is 1. The van der Waals surface area contributed by atoms with Gasteiger partial charge in [0.05, 0.1) is 6.20 Å². The zero-order chi connectivity index (χ0) is 18.1. The van der Waals surface area contributed by atoms with E-state index in [2.05, 4.69) is 10.2 Å². The van der Waals surface area contributed by atoms with E-state index in [1.165, 1.54) is 0 Å². The predicted molar refractivity (Wildman–Crippen MR) is 95.4 cm³/mol. The molecule has 0 unspecified atom stereocenters. The Bertz CT molecular complexity index is 729. The van der Waals surface area contributed by atoms with Crippen LogP contribution in [0, 0.1) is 20.8 Å². The molecule has 1 aromatic carbocycles. The van der Waals surface area contributed by atoms with Gasteiger partial charge in [0, 0.05) is 29.9 Å². The number of rotatable bonds is 5. The molecule has 6 heteroatoms. The fraction of sp³-hybridized carbons (Fsp3) is 0.444. The van der Waals surface area contributed by atoms with Crippen LogP contribution in [0.25, 0.3) is 0 Å². The Balaban J connectivity index is 2.14. The molecular formula is C18H24ClN3O2. The summed E-state index contributed by atoms with van der Waals surface area (Å²) in [7, 11) is 1.76. The lowest BCUT2D eigenvalue weighted by atomic mass is 10.1. The topological polar surface area (TPSA) is 58.2 Å². The van der Waals surface area contributed by atoms with Crippen LogP contribution < -0.4 is 4.74 Å². The van der Waals surface area contributed by atoms with Crippen molar-refractivity contribution in [1.29, 1.82) is 0 Å². The molecule has 0 aliphatic rings. The number of halogens is 1. The highest BCUT2D eigenvalue weighted by Crippen LogP contribution is 2.28. The van der Waals surface area contributed by atoms with E-state index in [4.69, 9.17) is 16.3 Å². The van der Waals surface area contributed by atoms with Gasteiger partial charge in [-0.3, -0.25) is 9.89 Å². The maximum absolute atomic E-state index is 12.8. The van der Waals surface area contributed by atoms with Crippen LogP contribution in [0.3, 0.4) is 0 Å². The number of aryl methyl sites for hydroxylation is 3. The number of hydrogen-bond acceptors (Lipinski definition) is 3. The van der Waals surface area contributed by atoms with Crippen molar-refractivity contribution in [2.75, 3.05) is 7.05 Å². The quantitative estimate of drug-likeness (QED) is 0.893. The molecule has 2 aromatic rings. The number of amides is 1. The summed E-state index contributed by atoms with van der Waals surface area (Å²) in [5.74, 6) is 0.536. The highest BCUT2D eigenvalue weighted by atomic mass is 35.5. The number of likely N-dealkylation sites (N-methyl/N-ethyl adjacent to an activating group) is 1. The van der Waals surface area contributed by atoms with Gasteiger partial charge in [-0.2, -0.15) is 5.10 Å². The molecular weight excluding hydrogens is 326 g/mol. The Kier molecular flexibility index (Phi) is 5.23. The summed E-state index contributed by atoms with van der Waals surface area (Å²) in [4.78, 5) is 14.4. The molecule has 0 aliphatic carbocycles. The summed E-state index contributed by atoms with van der Waals surface area (Å²) < 4.78 is 5.98. The Morgan fingerprint density at radius 2 is 1.88 bits per heavy atom. The normalized spacial score (nSPS) is 11.5. The zero-order valence-corrected chi connectivity index (χ0v) is 15.8. The molecule has 130 valence electrons. The first kappa shape index (κ1) is 18.3. The molecule has 0 radical (unpaired) electrons. The Labute approximate surface area is 148 Å². The number of aromatic nitrogens is 2. The van der Waals surface area contributed by atoms with Gasteiger partial charge < -0.3 is 9.64 Å². The number of benzene rings is 1. The molecule has 1 amide bonds. The molecule has 0 spiro atoms. The molecule has 5 nitrogen and oxygen atoms in total. The van der Waals surface area contributed by atoms with Gasteiger partial charge in [-0.1, -0.05) is 11.6 Å². The largest absolute Gasteiger partial charge is 0.478 e. The second kappa shape index (κ2) is 6.85. The van der Waals surface area contributed by atoms with Gasteiger partial charge in [-0.15, -0.1) is 0 Å². The predicted octanol–water partition coefficient (Wildman–Crippen LogP) is 3.80. The number of H-pyrrole nitrogens is 1. The van der Waals surface area contributed by atoms with E-state index in [0.29, 0.717) is 12.3 Å². The minimum atomic E-state index is -0.987. The van der Waals surface area contributed by atoms with E-state index in [-0.39, 0.29) is 5.91 Å². The average molecular weight is 350 g/mol. The Hall–Kier alpha value is -2.01. The molecule has 0 bridgehead atoms. The number of nitrogens with one attached hydrogen (secondary N) is 1. The average Bonchev–Trinajstić information content (AvgIpc) is 2.88. The van der Waals surface area contributed by atoms with Crippen LogP contribution in [0.2, 0.25) is 5.02 Å². The maximum Gasteiger partial charge on any atom is 0.266 e. The lowest BCUT2D eigenvalue weighted by Gasteiger charge is -2.30. The lowest BCUT2D eigenvalue weighted by molar-refractivity contribution is -0.144. The Morgan fingerprint density at radius 1 is 1.29 bits per heavy atom. The first-order valence-electron chi connectivity index (χ1n) is 7.82. The van der Waals surface area contributed by atoms with Crippen LogP contribution >= 0.6 is 11.6 Å². The highest BCUT2D eigenvalue weighted by Gasteiger charge is 2.33. The van der Waals surface area contributed by atoms with Gasteiger partial charge in [-0.05, 0) is 57.9 Å². The summed E-state index contributed by atoms with van der Waals surface area (Å²) in [5, 5.41) is 7.58. The summed E-state index contributed by atoms with van der Waals surface area (Å²) in [5.41, 5.74) is 2.81. The van der Waals surface area contributed by atoms with Crippen molar-refractivity contribution in [3.05, 3.63) is 45.7 Å². The summed E-state index contributed by atoms with van der Waals surface area (Å²) >= 11 is 6.19. The van der Waals surface area contributed by atoms with Gasteiger partial charge in [0.1, 0.15) is 5.75 Å². The molecule has 0 atom stereocenters. The Morgan fingerprint density at radius 3 is 2.38 bits per heavy atom. The van der Waals surface area contributed by atoms with Crippen LogP contribution in [0.15, 0.2) is 18.3 Å². The van der Waals surface area contributed by atoms with Gasteiger partial charge >= 0.3 is 0 Å². The smallest absolute Gasteiger partial charge is 0.266 e. The molecule has 1 aromatic heterocycles. The molecule has 0 fully saturated rings. The van der Waals surface area contributed by atoms with Crippen LogP contribution in [-0.4, -0.2) is 33.7 Å². The summed E-state index contributed by atoms with van der Waals surface area (Å²) in [6.45, 7) is 9.80. The monoisotopic (exact) mass is 349 g/mol. The molecule has 0 saturated heterocycles. The molecule has 0 aliphatic heterocycles. The molecule has 24 heavy (non-hydrogen) atoms. The minimum Gasteiger partial charge on any atom is -0.478 e. The van der Waals surface area contributed by atoms with Crippen molar-refractivity contribution >= 4 is 17.5 Å². The third kappa shape index (κ3) is 3.90. The molecule has 1 heterocycles. The molecule has 2 rings (SSSR count). The summed E-state index contributed by atoms with van der Waals surface area (Å²) in [6, 6.07) is 3.70. The first-order chi connectivity index (χ1) is 11.1. The fourth-order valence-electron chi connectivity index (χ4n) is 2.63. The molecule has 0 saturated carbocycles. The van der Waals surface area contributed by atoms with Gasteiger partial charge in [0.25, 0.3) is 5.91 Å². The fourth-order valence-corrected chi connectivity index (χ4v) is 2.73. The van der Waals surface area contributed by atoms with Gasteiger partial charge in [0.15, 0.2) is 5.60 Å². The second-order valence-corrected chi connectivity index (χ2v) is 7.04. The van der Waals surface area contributed by atoms with Crippen LogP contribution in [0.4, 0.5) is 0 Å². The number of aromatic amines is 1. The van der Waals surface area contributed by atoms with Crippen LogP contribution in [0.5, 0.6) is 5.75 Å². The first-order valence-corrected chi connectivity index (χ1v) is 8.20. The van der Waals surface area contributed by atoms with Crippen molar-refractivity contribution in [2.45, 2.75) is 46.8 Å². The highest BCUT2D eigenvalue weighted by molar-refractivity contribution is 6.32. The van der Waals surface area contributed by atoms with Crippen LogP contribution in [0.1, 0.15) is 36.2 Å². The van der Waals surface area contributed by atoms with E-state index >= 15 is 0 Å². The van der Waals surface area contributed by atoms with E-state index in [0.717, 1.165) is 27.4 Å². The van der Waals surface area contributed by atoms with Crippen molar-refractivity contribution < 1.29 is 9.53 Å². The molecule has 1 N–H and O–H groups in total. The zero-order valence-electron chi connectivity index (χ0n) is 15.0. The van der Waals surface area contributed by atoms with Crippen molar-refractivity contribution in [3.63, 3.8) is 0 Å². The number of ether oxygens (including phenoxy) is 1. The van der Waals surface area contributed by atoms with E-state index < -0.39 is 5.60 Å². The summed E-state index contributed by atoms with van der Waals surface area (Å²) in [6.07, 6.45) is 1.74. The number of hydrogen-bond donors (Lipinski definition) is 1. The minimum absolute atomic E-state index is 0.103. The van der Waals surface area contributed by atoms with Crippen molar-refractivity contribution in [2.24, 2.45) is 0 Å². The van der Waals surface area contributed by atoms with Gasteiger partial charge in [0.2, 0.25) is 0 Å². The third-order valence-corrected chi connectivity index (χ3v) is 4.58. The number of nitrogens with zero attached hydrogens (tertiary/aromatic N) is 2. The van der Waals surface area contributed by atoms with E-state index in [9.17, 15) is 4.79 Å². The van der Waals surface area contributed by atoms with E-state index in [1.807, 2.05) is 32.9 Å². The lowest BCUT2D eigenvalue weighted by Crippen LogP contribution is -2.47. The van der Waals surface area contributed by atoms with Crippen molar-refractivity contribution in [1.82, 2.24) is 15.1 Å². The van der Waals surface area contributed by atoms with E-state index in [1.54, 1.807) is 32.0 Å². The number of carbonyl (C=O) groups is 1.